The van der Waals surface area contributed by atoms with Crippen LogP contribution in [0.5, 0.6) is 0 Å². The maximum Gasteiger partial charge on any atom is 0.408 e. The van der Waals surface area contributed by atoms with Gasteiger partial charge in [0.25, 0.3) is 0 Å². The average molecular weight is 423 g/mol. The predicted octanol–water partition coefficient (Wildman–Crippen LogP) is 2.79. The van der Waals surface area contributed by atoms with E-state index in [0.717, 1.165) is 11.1 Å². The fourth-order valence-electron chi connectivity index (χ4n) is 2.88. The van der Waals surface area contributed by atoms with E-state index in [0.29, 0.717) is 6.42 Å². The molecule has 8 nitrogen and oxygen atoms in total. The molecule has 0 heterocycles. The molecule has 3 N–H and O–H groups in total. The standard InChI is InChI=1S/C23H25N3O5/c24-14-8-7-13-19(22(28)29)25-21(27)20(15-17-9-3-1-4-10-17)26-23(30)31-16-18-11-5-2-6-12-18/h1-6,9-12,19-20H,7-8,13,15-16H2,(H,25,27)(H,26,30)(H,28,29)/t19-,20-/m1/s1. The van der Waals surface area contributed by atoms with Gasteiger partial charge in [0.2, 0.25) is 5.91 Å². The second kappa shape index (κ2) is 12.6. The first-order valence-corrected chi connectivity index (χ1v) is 9.91. The molecule has 0 fully saturated rings. The molecule has 0 aliphatic heterocycles. The second-order valence-electron chi connectivity index (χ2n) is 6.90. The first-order valence-electron chi connectivity index (χ1n) is 9.91. The van der Waals surface area contributed by atoms with Crippen LogP contribution >= 0.6 is 0 Å². The number of benzene rings is 2. The van der Waals surface area contributed by atoms with Crippen LogP contribution in [0.15, 0.2) is 60.7 Å². The van der Waals surface area contributed by atoms with Gasteiger partial charge in [-0.05, 0) is 24.0 Å². The molecular weight excluding hydrogens is 398 g/mol. The summed E-state index contributed by atoms with van der Waals surface area (Å²) in [5, 5.41) is 23.0. The van der Waals surface area contributed by atoms with Crippen molar-refractivity contribution in [3.8, 4) is 6.07 Å². The number of nitriles is 1. The zero-order valence-corrected chi connectivity index (χ0v) is 17.0. The van der Waals surface area contributed by atoms with Gasteiger partial charge in [0.1, 0.15) is 18.7 Å². The van der Waals surface area contributed by atoms with Gasteiger partial charge in [-0.2, -0.15) is 5.26 Å². The van der Waals surface area contributed by atoms with Crippen molar-refractivity contribution >= 4 is 18.0 Å². The number of rotatable bonds is 11. The highest BCUT2D eigenvalue weighted by Gasteiger charge is 2.27. The van der Waals surface area contributed by atoms with Crippen LogP contribution in [0.2, 0.25) is 0 Å². The Kier molecular flexibility index (Phi) is 9.56. The Morgan fingerprint density at radius 3 is 2.13 bits per heavy atom. The largest absolute Gasteiger partial charge is 0.480 e. The number of carbonyl (C=O) groups excluding carboxylic acids is 2. The van der Waals surface area contributed by atoms with Crippen LogP contribution in [0.4, 0.5) is 4.79 Å². The van der Waals surface area contributed by atoms with Crippen LogP contribution in [0, 0.1) is 11.3 Å². The number of hydrogen-bond donors (Lipinski definition) is 3. The summed E-state index contributed by atoms with van der Waals surface area (Å²) in [7, 11) is 0. The Bertz CT molecular complexity index is 896. The van der Waals surface area contributed by atoms with Crippen molar-refractivity contribution in [3.05, 3.63) is 71.8 Å². The van der Waals surface area contributed by atoms with Gasteiger partial charge in [-0.1, -0.05) is 60.7 Å². The summed E-state index contributed by atoms with van der Waals surface area (Å²) in [6.45, 7) is 0.0399. The van der Waals surface area contributed by atoms with Crippen molar-refractivity contribution in [2.75, 3.05) is 0 Å². The van der Waals surface area contributed by atoms with Crippen LogP contribution in [-0.2, 0) is 27.4 Å². The lowest BCUT2D eigenvalue weighted by Crippen LogP contribution is -2.52. The van der Waals surface area contributed by atoms with E-state index in [-0.39, 0.29) is 25.9 Å². The monoisotopic (exact) mass is 423 g/mol. The predicted molar refractivity (Wildman–Crippen MR) is 113 cm³/mol. The molecule has 162 valence electrons. The molecule has 0 saturated carbocycles. The Balaban J connectivity index is 2.04. The zero-order chi connectivity index (χ0) is 22.5. The minimum atomic E-state index is -1.20. The summed E-state index contributed by atoms with van der Waals surface area (Å²) >= 11 is 0. The highest BCUT2D eigenvalue weighted by molar-refractivity contribution is 5.89. The topological polar surface area (TPSA) is 129 Å². The van der Waals surface area contributed by atoms with Crippen molar-refractivity contribution in [2.45, 2.75) is 44.4 Å². The summed E-state index contributed by atoms with van der Waals surface area (Å²) in [5.41, 5.74) is 1.59. The van der Waals surface area contributed by atoms with Gasteiger partial charge in [-0.3, -0.25) is 4.79 Å². The quantitative estimate of drug-likeness (QED) is 0.477. The molecule has 2 aromatic carbocycles. The third-order valence-corrected chi connectivity index (χ3v) is 4.50. The fourth-order valence-corrected chi connectivity index (χ4v) is 2.88. The number of alkyl carbamates (subject to hydrolysis) is 1. The van der Waals surface area contributed by atoms with Crippen LogP contribution in [0.25, 0.3) is 0 Å². The van der Waals surface area contributed by atoms with Crippen molar-refractivity contribution in [1.29, 1.82) is 5.26 Å². The Labute approximate surface area is 180 Å². The lowest BCUT2D eigenvalue weighted by molar-refractivity contribution is -0.142. The van der Waals surface area contributed by atoms with Gasteiger partial charge < -0.3 is 20.5 Å². The number of amides is 2. The maximum absolute atomic E-state index is 12.8. The summed E-state index contributed by atoms with van der Waals surface area (Å²) in [6.07, 6.45) is 0.0279. The molecule has 0 spiro atoms. The lowest BCUT2D eigenvalue weighted by atomic mass is 10.0. The van der Waals surface area contributed by atoms with Gasteiger partial charge in [0.05, 0.1) is 6.07 Å². The average Bonchev–Trinajstić information content (AvgIpc) is 2.78. The smallest absolute Gasteiger partial charge is 0.408 e. The summed E-state index contributed by atoms with van der Waals surface area (Å²) < 4.78 is 5.20. The summed E-state index contributed by atoms with van der Waals surface area (Å²) in [5.74, 6) is -1.83. The van der Waals surface area contributed by atoms with E-state index in [9.17, 15) is 19.5 Å². The molecule has 2 atom stereocenters. The molecule has 2 rings (SSSR count). The van der Waals surface area contributed by atoms with Gasteiger partial charge in [0, 0.05) is 12.8 Å². The third kappa shape index (κ3) is 8.58. The molecule has 2 aromatic rings. The van der Waals surface area contributed by atoms with Crippen molar-refractivity contribution in [3.63, 3.8) is 0 Å². The van der Waals surface area contributed by atoms with Crippen molar-refractivity contribution in [2.24, 2.45) is 0 Å². The minimum absolute atomic E-state index is 0.0399. The molecule has 0 bridgehead atoms. The van der Waals surface area contributed by atoms with Crippen LogP contribution in [0.3, 0.4) is 0 Å². The van der Waals surface area contributed by atoms with Gasteiger partial charge in [0.15, 0.2) is 0 Å². The number of nitrogens with zero attached hydrogens (tertiary/aromatic N) is 1. The van der Waals surface area contributed by atoms with Crippen molar-refractivity contribution < 1.29 is 24.2 Å². The van der Waals surface area contributed by atoms with E-state index in [1.165, 1.54) is 0 Å². The number of ether oxygens (including phenoxy) is 1. The van der Waals surface area contributed by atoms with Crippen LogP contribution in [-0.4, -0.2) is 35.2 Å². The molecule has 8 heteroatoms. The maximum atomic E-state index is 12.8. The van der Waals surface area contributed by atoms with E-state index in [1.54, 1.807) is 36.4 Å². The molecule has 0 aliphatic rings. The van der Waals surface area contributed by atoms with Crippen LogP contribution in [0.1, 0.15) is 30.4 Å². The molecular formula is C23H25N3O5. The molecule has 0 aromatic heterocycles. The fraction of sp³-hybridized carbons (Fsp3) is 0.304. The van der Waals surface area contributed by atoms with E-state index in [4.69, 9.17) is 10.00 Å². The van der Waals surface area contributed by atoms with Crippen LogP contribution < -0.4 is 10.6 Å². The van der Waals surface area contributed by atoms with E-state index in [1.807, 2.05) is 30.3 Å². The molecule has 0 aliphatic carbocycles. The number of carboxylic acid groups (broad SMARTS) is 1. The number of carboxylic acids is 1. The van der Waals surface area contributed by atoms with E-state index < -0.39 is 30.1 Å². The number of aliphatic carboxylic acids is 1. The molecule has 0 radical (unpaired) electrons. The molecule has 31 heavy (non-hydrogen) atoms. The normalized spacial score (nSPS) is 12.1. The zero-order valence-electron chi connectivity index (χ0n) is 17.0. The number of nitrogens with one attached hydrogen (secondary N) is 2. The van der Waals surface area contributed by atoms with Gasteiger partial charge >= 0.3 is 12.1 Å². The number of unbranched alkanes of at least 4 members (excludes halogenated alkanes) is 1. The van der Waals surface area contributed by atoms with E-state index in [2.05, 4.69) is 10.6 Å². The minimum Gasteiger partial charge on any atom is -0.480 e. The summed E-state index contributed by atoms with van der Waals surface area (Å²) in [6, 6.07) is 17.9. The Morgan fingerprint density at radius 1 is 0.935 bits per heavy atom. The Morgan fingerprint density at radius 2 is 1.55 bits per heavy atom. The number of hydrogen-bond acceptors (Lipinski definition) is 5. The first kappa shape index (κ1) is 23.4. The van der Waals surface area contributed by atoms with Crippen molar-refractivity contribution in [1.82, 2.24) is 10.6 Å². The third-order valence-electron chi connectivity index (χ3n) is 4.50. The SMILES string of the molecule is N#CCCC[C@@H](NC(=O)[C@@H](Cc1ccccc1)NC(=O)OCc1ccccc1)C(=O)O. The molecule has 0 unspecified atom stereocenters. The van der Waals surface area contributed by atoms with Gasteiger partial charge in [-0.25, -0.2) is 9.59 Å². The van der Waals surface area contributed by atoms with Gasteiger partial charge in [-0.15, -0.1) is 0 Å². The highest BCUT2D eigenvalue weighted by Crippen LogP contribution is 2.07. The summed E-state index contributed by atoms with van der Waals surface area (Å²) in [4.78, 5) is 36.6. The van der Waals surface area contributed by atoms with E-state index >= 15 is 0 Å². The molecule has 0 saturated heterocycles. The lowest BCUT2D eigenvalue weighted by Gasteiger charge is -2.21. The molecule has 2 amide bonds. The Hall–Kier alpha value is -3.86. The number of carbonyl (C=O) groups is 3. The highest BCUT2D eigenvalue weighted by atomic mass is 16.5. The second-order valence-corrected chi connectivity index (χ2v) is 6.90. The first-order chi connectivity index (χ1) is 15.0.